The van der Waals surface area contributed by atoms with Crippen molar-refractivity contribution in [1.29, 1.82) is 0 Å². The van der Waals surface area contributed by atoms with Gasteiger partial charge >= 0.3 is 0 Å². The summed E-state index contributed by atoms with van der Waals surface area (Å²) < 4.78 is 3.01. The molecule has 1 saturated heterocycles. The molecule has 1 aliphatic rings. The summed E-state index contributed by atoms with van der Waals surface area (Å²) in [6, 6.07) is 6.59. The standard InChI is InChI=1S/C20H18ClN5O3/c1-2-9-26-16(12-5-3-4-6-13(12)21)11-25-10-15(23-17(25)20(26)29)19(28)24-14-7-8-22-18(14)27/h2-6,10-11,14H,1,7-9H2,(H,22,27)(H,24,28)/t14-/m1/s1. The van der Waals surface area contributed by atoms with Crippen LogP contribution < -0.4 is 16.2 Å². The van der Waals surface area contributed by atoms with Gasteiger partial charge in [0.15, 0.2) is 0 Å². The summed E-state index contributed by atoms with van der Waals surface area (Å²) in [6.07, 6.45) is 5.29. The molecule has 148 valence electrons. The molecule has 29 heavy (non-hydrogen) atoms. The van der Waals surface area contributed by atoms with Crippen LogP contribution in [0.1, 0.15) is 16.9 Å². The first-order valence-electron chi connectivity index (χ1n) is 9.06. The molecule has 9 heteroatoms. The first-order chi connectivity index (χ1) is 14.0. The van der Waals surface area contributed by atoms with Gasteiger partial charge in [-0.15, -0.1) is 6.58 Å². The van der Waals surface area contributed by atoms with E-state index in [4.69, 9.17) is 11.6 Å². The summed E-state index contributed by atoms with van der Waals surface area (Å²) >= 11 is 6.33. The van der Waals surface area contributed by atoms with E-state index in [0.29, 0.717) is 29.2 Å². The lowest BCUT2D eigenvalue weighted by Crippen LogP contribution is -2.40. The Bertz CT molecular complexity index is 1200. The van der Waals surface area contributed by atoms with E-state index in [1.54, 1.807) is 24.4 Å². The normalized spacial score (nSPS) is 16.0. The van der Waals surface area contributed by atoms with Crippen molar-refractivity contribution in [2.45, 2.75) is 19.0 Å². The minimum absolute atomic E-state index is 0.0586. The van der Waals surface area contributed by atoms with E-state index in [9.17, 15) is 14.4 Å². The maximum absolute atomic E-state index is 13.0. The van der Waals surface area contributed by atoms with E-state index in [1.807, 2.05) is 12.1 Å². The Kier molecular flexibility index (Phi) is 4.94. The van der Waals surface area contributed by atoms with E-state index in [2.05, 4.69) is 22.2 Å². The first kappa shape index (κ1) is 18.9. The van der Waals surface area contributed by atoms with Gasteiger partial charge in [-0.3, -0.25) is 23.4 Å². The first-order valence-corrected chi connectivity index (χ1v) is 9.44. The summed E-state index contributed by atoms with van der Waals surface area (Å²) in [4.78, 5) is 41.5. The minimum Gasteiger partial charge on any atom is -0.354 e. The van der Waals surface area contributed by atoms with E-state index in [-0.39, 0.29) is 29.4 Å². The molecule has 2 amide bonds. The predicted octanol–water partition coefficient (Wildman–Crippen LogP) is 1.62. The van der Waals surface area contributed by atoms with Gasteiger partial charge in [0.2, 0.25) is 11.6 Å². The molecule has 3 heterocycles. The van der Waals surface area contributed by atoms with Crippen LogP contribution in [-0.4, -0.2) is 38.4 Å². The molecule has 1 aromatic carbocycles. The highest BCUT2D eigenvalue weighted by Gasteiger charge is 2.27. The van der Waals surface area contributed by atoms with Crippen LogP contribution in [0.2, 0.25) is 5.02 Å². The number of hydrogen-bond acceptors (Lipinski definition) is 4. The molecule has 4 rings (SSSR count). The molecule has 0 bridgehead atoms. The van der Waals surface area contributed by atoms with Crippen LogP contribution in [0.5, 0.6) is 0 Å². The van der Waals surface area contributed by atoms with E-state index in [0.717, 1.165) is 0 Å². The number of amides is 2. The second-order valence-electron chi connectivity index (χ2n) is 6.66. The highest BCUT2D eigenvalue weighted by molar-refractivity contribution is 6.33. The number of nitrogens with one attached hydrogen (secondary N) is 2. The third-order valence-electron chi connectivity index (χ3n) is 4.77. The largest absolute Gasteiger partial charge is 0.354 e. The van der Waals surface area contributed by atoms with Crippen LogP contribution in [-0.2, 0) is 11.3 Å². The molecule has 2 aromatic heterocycles. The van der Waals surface area contributed by atoms with Gasteiger partial charge in [0.25, 0.3) is 11.5 Å². The molecule has 2 N–H and O–H groups in total. The molecule has 1 fully saturated rings. The average Bonchev–Trinajstić information content (AvgIpc) is 3.31. The molecular formula is C20H18ClN5O3. The summed E-state index contributed by atoms with van der Waals surface area (Å²) in [6.45, 7) is 4.48. The number of allylic oxidation sites excluding steroid dienone is 1. The van der Waals surface area contributed by atoms with Crippen molar-refractivity contribution in [3.8, 4) is 11.3 Å². The lowest BCUT2D eigenvalue weighted by Gasteiger charge is -2.13. The number of hydrogen-bond donors (Lipinski definition) is 2. The second-order valence-corrected chi connectivity index (χ2v) is 7.07. The zero-order valence-electron chi connectivity index (χ0n) is 15.4. The number of nitrogens with zero attached hydrogens (tertiary/aromatic N) is 3. The van der Waals surface area contributed by atoms with Crippen LogP contribution in [0.4, 0.5) is 0 Å². The molecule has 1 atom stereocenters. The second kappa shape index (κ2) is 7.56. The van der Waals surface area contributed by atoms with Crippen molar-refractivity contribution in [3.05, 3.63) is 70.4 Å². The van der Waals surface area contributed by atoms with Crippen LogP contribution in [0.15, 0.2) is 54.1 Å². The zero-order valence-corrected chi connectivity index (χ0v) is 16.1. The van der Waals surface area contributed by atoms with E-state index < -0.39 is 11.9 Å². The molecule has 8 nitrogen and oxygen atoms in total. The Morgan fingerprint density at radius 2 is 2.14 bits per heavy atom. The third kappa shape index (κ3) is 3.42. The summed E-state index contributed by atoms with van der Waals surface area (Å²) in [5.74, 6) is -0.735. The Morgan fingerprint density at radius 3 is 2.83 bits per heavy atom. The topological polar surface area (TPSA) is 97.5 Å². The van der Waals surface area contributed by atoms with Crippen LogP contribution >= 0.6 is 11.6 Å². The number of carbonyl (C=O) groups excluding carboxylic acids is 2. The van der Waals surface area contributed by atoms with E-state index >= 15 is 0 Å². The van der Waals surface area contributed by atoms with Gasteiger partial charge in [0.05, 0.1) is 5.69 Å². The van der Waals surface area contributed by atoms with Crippen LogP contribution in [0, 0.1) is 0 Å². The molecule has 0 radical (unpaired) electrons. The fourth-order valence-corrected chi connectivity index (χ4v) is 3.58. The number of carbonyl (C=O) groups is 2. The molecular weight excluding hydrogens is 394 g/mol. The van der Waals surface area contributed by atoms with Crippen LogP contribution in [0.25, 0.3) is 16.9 Å². The van der Waals surface area contributed by atoms with Crippen molar-refractivity contribution in [2.24, 2.45) is 0 Å². The summed E-state index contributed by atoms with van der Waals surface area (Å²) in [5, 5.41) is 5.80. The molecule has 0 spiro atoms. The van der Waals surface area contributed by atoms with E-state index in [1.165, 1.54) is 15.2 Å². The van der Waals surface area contributed by atoms with Gasteiger partial charge in [-0.05, 0) is 12.5 Å². The predicted molar refractivity (Wildman–Crippen MR) is 109 cm³/mol. The lowest BCUT2D eigenvalue weighted by atomic mass is 10.1. The van der Waals surface area contributed by atoms with Crippen molar-refractivity contribution in [2.75, 3.05) is 6.54 Å². The molecule has 0 aliphatic carbocycles. The summed E-state index contributed by atoms with van der Waals surface area (Å²) in [7, 11) is 0. The average molecular weight is 412 g/mol. The fraction of sp³-hybridized carbons (Fsp3) is 0.200. The maximum Gasteiger partial charge on any atom is 0.295 e. The van der Waals surface area contributed by atoms with Gasteiger partial charge in [-0.25, -0.2) is 4.98 Å². The molecule has 0 saturated carbocycles. The number of aromatic nitrogens is 3. The van der Waals surface area contributed by atoms with Gasteiger partial charge in [-0.2, -0.15) is 0 Å². The van der Waals surface area contributed by atoms with Crippen molar-refractivity contribution in [3.63, 3.8) is 0 Å². The Hall–Kier alpha value is -3.39. The Balaban J connectivity index is 1.80. The smallest absolute Gasteiger partial charge is 0.295 e. The molecule has 0 unspecified atom stereocenters. The van der Waals surface area contributed by atoms with Crippen molar-refractivity contribution in [1.82, 2.24) is 24.6 Å². The van der Waals surface area contributed by atoms with Gasteiger partial charge in [-0.1, -0.05) is 35.9 Å². The van der Waals surface area contributed by atoms with Crippen molar-refractivity contribution >= 4 is 29.1 Å². The number of imidazole rings is 1. The Labute approximate surface area is 170 Å². The highest BCUT2D eigenvalue weighted by atomic mass is 35.5. The summed E-state index contributed by atoms with van der Waals surface area (Å²) in [5.41, 5.74) is 1.04. The molecule has 3 aromatic rings. The quantitative estimate of drug-likeness (QED) is 0.623. The number of rotatable bonds is 5. The highest BCUT2D eigenvalue weighted by Crippen LogP contribution is 2.27. The van der Waals surface area contributed by atoms with Crippen LogP contribution in [0.3, 0.4) is 0 Å². The Morgan fingerprint density at radius 1 is 1.34 bits per heavy atom. The monoisotopic (exact) mass is 411 g/mol. The van der Waals surface area contributed by atoms with Crippen molar-refractivity contribution < 1.29 is 9.59 Å². The number of halogens is 1. The zero-order chi connectivity index (χ0) is 20.5. The fourth-order valence-electron chi connectivity index (χ4n) is 3.35. The molecule has 1 aliphatic heterocycles. The van der Waals surface area contributed by atoms with Gasteiger partial charge < -0.3 is 10.6 Å². The minimum atomic E-state index is -0.594. The SMILES string of the molecule is C=CCn1c(-c2ccccc2Cl)cn2cc(C(=O)N[C@@H]3CCNC3=O)nc2c1=O. The lowest BCUT2D eigenvalue weighted by molar-refractivity contribution is -0.120. The van der Waals surface area contributed by atoms with Gasteiger partial charge in [0, 0.05) is 36.1 Å². The maximum atomic E-state index is 13.0. The number of fused-ring (bicyclic) bond motifs is 1. The number of benzene rings is 1. The third-order valence-corrected chi connectivity index (χ3v) is 5.10. The van der Waals surface area contributed by atoms with Gasteiger partial charge in [0.1, 0.15) is 11.7 Å².